The lowest BCUT2D eigenvalue weighted by Gasteiger charge is -2.01. The summed E-state index contributed by atoms with van der Waals surface area (Å²) in [5, 5.41) is 1.16. The number of carbonyl (C=O) groups is 1. The highest BCUT2D eigenvalue weighted by atomic mass is 16.5. The molecular formula is C12H13NO2. The van der Waals surface area contributed by atoms with E-state index < -0.39 is 0 Å². The fourth-order valence-electron chi connectivity index (χ4n) is 1.58. The molecule has 0 fully saturated rings. The van der Waals surface area contributed by atoms with E-state index in [1.54, 1.807) is 0 Å². The Hall–Kier alpha value is -1.77. The second-order valence-electron chi connectivity index (χ2n) is 3.38. The van der Waals surface area contributed by atoms with Crippen molar-refractivity contribution in [3.63, 3.8) is 0 Å². The van der Waals surface area contributed by atoms with E-state index in [-0.39, 0.29) is 5.97 Å². The molecule has 1 N–H and O–H groups in total. The zero-order valence-corrected chi connectivity index (χ0v) is 8.62. The second-order valence-corrected chi connectivity index (χ2v) is 3.38. The van der Waals surface area contributed by atoms with Gasteiger partial charge in [0.2, 0.25) is 0 Å². The van der Waals surface area contributed by atoms with Crippen molar-refractivity contribution < 1.29 is 9.53 Å². The molecule has 1 aromatic heterocycles. The van der Waals surface area contributed by atoms with Gasteiger partial charge in [0.15, 0.2) is 0 Å². The molecule has 2 aromatic rings. The third kappa shape index (κ3) is 2.18. The summed E-state index contributed by atoms with van der Waals surface area (Å²) in [5.74, 6) is -0.177. The van der Waals surface area contributed by atoms with E-state index in [4.69, 9.17) is 4.74 Å². The normalized spacial score (nSPS) is 10.5. The highest BCUT2D eigenvalue weighted by Gasteiger charge is 2.04. The maximum atomic E-state index is 11.3. The first-order chi connectivity index (χ1) is 7.29. The van der Waals surface area contributed by atoms with Gasteiger partial charge in [0.25, 0.3) is 0 Å². The monoisotopic (exact) mass is 203 g/mol. The SMILES string of the molecule is CCOC(=O)Cc1ccc2cc[nH]c2c1. The number of nitrogens with one attached hydrogen (secondary N) is 1. The van der Waals surface area contributed by atoms with Gasteiger partial charge in [-0.15, -0.1) is 0 Å². The summed E-state index contributed by atoms with van der Waals surface area (Å²) >= 11 is 0. The van der Waals surface area contributed by atoms with Gasteiger partial charge >= 0.3 is 5.97 Å². The van der Waals surface area contributed by atoms with Crippen LogP contribution in [0, 0.1) is 0 Å². The Kier molecular flexibility index (Phi) is 2.72. The minimum absolute atomic E-state index is 0.177. The molecule has 15 heavy (non-hydrogen) atoms. The van der Waals surface area contributed by atoms with Crippen LogP contribution in [-0.4, -0.2) is 17.6 Å². The van der Waals surface area contributed by atoms with Crippen molar-refractivity contribution in [2.75, 3.05) is 6.61 Å². The fourth-order valence-corrected chi connectivity index (χ4v) is 1.58. The van der Waals surface area contributed by atoms with Crippen LogP contribution >= 0.6 is 0 Å². The third-order valence-electron chi connectivity index (χ3n) is 2.27. The van der Waals surface area contributed by atoms with Crippen LogP contribution in [0.1, 0.15) is 12.5 Å². The highest BCUT2D eigenvalue weighted by Crippen LogP contribution is 2.14. The molecule has 0 atom stereocenters. The van der Waals surface area contributed by atoms with Crippen molar-refractivity contribution in [2.24, 2.45) is 0 Å². The molecular weight excluding hydrogens is 190 g/mol. The summed E-state index contributed by atoms with van der Waals surface area (Å²) in [7, 11) is 0. The molecule has 1 heterocycles. The zero-order chi connectivity index (χ0) is 10.7. The van der Waals surface area contributed by atoms with E-state index in [1.165, 1.54) is 0 Å². The molecule has 0 saturated carbocycles. The number of esters is 1. The van der Waals surface area contributed by atoms with Crippen LogP contribution in [0.2, 0.25) is 0 Å². The van der Waals surface area contributed by atoms with Crippen LogP contribution in [0.4, 0.5) is 0 Å². The molecule has 0 unspecified atom stereocenters. The molecule has 1 aromatic carbocycles. The third-order valence-corrected chi connectivity index (χ3v) is 2.27. The number of aromatic amines is 1. The van der Waals surface area contributed by atoms with E-state index in [9.17, 15) is 4.79 Å². The molecule has 2 rings (SSSR count). The van der Waals surface area contributed by atoms with E-state index in [0.717, 1.165) is 16.5 Å². The van der Waals surface area contributed by atoms with Crippen molar-refractivity contribution in [1.82, 2.24) is 4.98 Å². The number of carbonyl (C=O) groups excluding carboxylic acids is 1. The number of hydrogen-bond donors (Lipinski definition) is 1. The van der Waals surface area contributed by atoms with E-state index in [2.05, 4.69) is 4.98 Å². The van der Waals surface area contributed by atoms with E-state index in [1.807, 2.05) is 37.4 Å². The Morgan fingerprint density at radius 3 is 3.07 bits per heavy atom. The largest absolute Gasteiger partial charge is 0.466 e. The van der Waals surface area contributed by atoms with Crippen LogP contribution < -0.4 is 0 Å². The lowest BCUT2D eigenvalue weighted by molar-refractivity contribution is -0.142. The molecule has 0 aliphatic heterocycles. The lowest BCUT2D eigenvalue weighted by atomic mass is 10.1. The summed E-state index contributed by atoms with van der Waals surface area (Å²) in [6.45, 7) is 2.25. The molecule has 0 aliphatic carbocycles. The smallest absolute Gasteiger partial charge is 0.310 e. The van der Waals surface area contributed by atoms with Gasteiger partial charge in [-0.2, -0.15) is 0 Å². The van der Waals surface area contributed by atoms with E-state index in [0.29, 0.717) is 13.0 Å². The number of hydrogen-bond acceptors (Lipinski definition) is 2. The highest BCUT2D eigenvalue weighted by molar-refractivity contribution is 5.81. The standard InChI is InChI=1S/C12H13NO2/c1-2-15-12(14)8-9-3-4-10-5-6-13-11(10)7-9/h3-7,13H,2,8H2,1H3. The average Bonchev–Trinajstić information content (AvgIpc) is 2.65. The van der Waals surface area contributed by atoms with Gasteiger partial charge in [-0.3, -0.25) is 4.79 Å². The summed E-state index contributed by atoms with van der Waals surface area (Å²) in [4.78, 5) is 14.4. The molecule has 3 heteroatoms. The topological polar surface area (TPSA) is 42.1 Å². The van der Waals surface area contributed by atoms with Gasteiger partial charge in [0.05, 0.1) is 13.0 Å². The van der Waals surface area contributed by atoms with Gasteiger partial charge < -0.3 is 9.72 Å². The van der Waals surface area contributed by atoms with Crippen molar-refractivity contribution >= 4 is 16.9 Å². The quantitative estimate of drug-likeness (QED) is 0.777. The Morgan fingerprint density at radius 2 is 2.27 bits per heavy atom. The Balaban J connectivity index is 2.17. The first-order valence-corrected chi connectivity index (χ1v) is 5.01. The van der Waals surface area contributed by atoms with Gasteiger partial charge in [0.1, 0.15) is 0 Å². The summed E-state index contributed by atoms with van der Waals surface area (Å²) in [6, 6.07) is 7.93. The van der Waals surface area contributed by atoms with Crippen LogP contribution in [0.5, 0.6) is 0 Å². The Bertz CT molecular complexity index is 473. The predicted molar refractivity (Wildman–Crippen MR) is 58.6 cm³/mol. The molecule has 0 amide bonds. The Labute approximate surface area is 88.1 Å². The molecule has 3 nitrogen and oxygen atoms in total. The predicted octanol–water partition coefficient (Wildman–Crippen LogP) is 2.27. The van der Waals surface area contributed by atoms with Crippen LogP contribution in [0.15, 0.2) is 30.5 Å². The van der Waals surface area contributed by atoms with Crippen LogP contribution in [0.3, 0.4) is 0 Å². The van der Waals surface area contributed by atoms with Gasteiger partial charge in [0, 0.05) is 11.7 Å². The number of benzene rings is 1. The van der Waals surface area contributed by atoms with Crippen molar-refractivity contribution in [3.8, 4) is 0 Å². The molecule has 0 saturated heterocycles. The number of rotatable bonds is 3. The number of fused-ring (bicyclic) bond motifs is 1. The van der Waals surface area contributed by atoms with Gasteiger partial charge in [-0.25, -0.2) is 0 Å². The molecule has 0 spiro atoms. The fraction of sp³-hybridized carbons (Fsp3) is 0.250. The van der Waals surface area contributed by atoms with Crippen LogP contribution in [0.25, 0.3) is 10.9 Å². The second kappa shape index (κ2) is 4.17. The van der Waals surface area contributed by atoms with Crippen molar-refractivity contribution in [1.29, 1.82) is 0 Å². The first-order valence-electron chi connectivity index (χ1n) is 5.01. The average molecular weight is 203 g/mol. The molecule has 0 radical (unpaired) electrons. The van der Waals surface area contributed by atoms with Crippen molar-refractivity contribution in [2.45, 2.75) is 13.3 Å². The minimum Gasteiger partial charge on any atom is -0.466 e. The minimum atomic E-state index is -0.177. The number of aromatic nitrogens is 1. The van der Waals surface area contributed by atoms with Gasteiger partial charge in [-0.05, 0) is 30.0 Å². The molecule has 0 bridgehead atoms. The molecule has 0 aliphatic rings. The maximum Gasteiger partial charge on any atom is 0.310 e. The Morgan fingerprint density at radius 1 is 1.40 bits per heavy atom. The maximum absolute atomic E-state index is 11.3. The number of ether oxygens (including phenoxy) is 1. The van der Waals surface area contributed by atoms with E-state index >= 15 is 0 Å². The first kappa shape index (κ1) is 9.77. The summed E-state index contributed by atoms with van der Waals surface area (Å²) in [6.07, 6.45) is 2.22. The molecule has 78 valence electrons. The van der Waals surface area contributed by atoms with Crippen LogP contribution in [-0.2, 0) is 16.0 Å². The summed E-state index contributed by atoms with van der Waals surface area (Å²) < 4.78 is 4.89. The zero-order valence-electron chi connectivity index (χ0n) is 8.62. The lowest BCUT2D eigenvalue weighted by Crippen LogP contribution is -2.07. The van der Waals surface area contributed by atoms with Gasteiger partial charge in [-0.1, -0.05) is 12.1 Å². The summed E-state index contributed by atoms with van der Waals surface area (Å²) in [5.41, 5.74) is 2.03. The van der Waals surface area contributed by atoms with Crippen molar-refractivity contribution in [3.05, 3.63) is 36.0 Å². The number of H-pyrrole nitrogens is 1.